The number of benzene rings is 1. The molecular weight excluding hydrogens is 163 g/mol. The summed E-state index contributed by atoms with van der Waals surface area (Å²) in [4.78, 5) is 0. The third-order valence-corrected chi connectivity index (χ3v) is 2.47. The zero-order valence-corrected chi connectivity index (χ0v) is 7.59. The Morgan fingerprint density at radius 3 is 2.62 bits per heavy atom. The van der Waals surface area contributed by atoms with Gasteiger partial charge in [-0.25, -0.2) is 4.39 Å². The summed E-state index contributed by atoms with van der Waals surface area (Å²) in [6.45, 7) is 0. The minimum atomic E-state index is -0.146. The fraction of sp³-hybridized carbons (Fsp3) is 0.333. The molecule has 1 aromatic rings. The van der Waals surface area contributed by atoms with Crippen molar-refractivity contribution in [2.45, 2.75) is 25.7 Å². The van der Waals surface area contributed by atoms with Crippen molar-refractivity contribution in [2.24, 2.45) is 0 Å². The highest BCUT2D eigenvalue weighted by Gasteiger charge is 2.05. The number of allylic oxidation sites excluding steroid dienone is 1. The summed E-state index contributed by atoms with van der Waals surface area (Å²) in [7, 11) is 0. The van der Waals surface area contributed by atoms with Crippen LogP contribution in [-0.2, 0) is 0 Å². The Morgan fingerprint density at radius 2 is 1.92 bits per heavy atom. The maximum Gasteiger partial charge on any atom is 0.123 e. The van der Waals surface area contributed by atoms with Crippen LogP contribution in [0.3, 0.4) is 0 Å². The fourth-order valence-electron chi connectivity index (χ4n) is 1.81. The third-order valence-electron chi connectivity index (χ3n) is 2.47. The van der Waals surface area contributed by atoms with Gasteiger partial charge in [0.05, 0.1) is 0 Å². The Morgan fingerprint density at radius 1 is 1.15 bits per heavy atom. The van der Waals surface area contributed by atoms with Crippen molar-refractivity contribution in [2.75, 3.05) is 0 Å². The maximum absolute atomic E-state index is 12.8. The molecule has 1 fully saturated rings. The van der Waals surface area contributed by atoms with Crippen LogP contribution in [0, 0.1) is 5.82 Å². The highest BCUT2D eigenvalue weighted by molar-refractivity contribution is 5.53. The summed E-state index contributed by atoms with van der Waals surface area (Å²) in [5.41, 5.74) is 2.46. The van der Waals surface area contributed by atoms with E-state index < -0.39 is 0 Å². The van der Waals surface area contributed by atoms with Crippen LogP contribution in [-0.4, -0.2) is 0 Å². The van der Waals surface area contributed by atoms with Crippen LogP contribution in [0.2, 0.25) is 0 Å². The highest BCUT2D eigenvalue weighted by atomic mass is 19.1. The molecule has 0 atom stereocenters. The molecule has 0 saturated heterocycles. The summed E-state index contributed by atoms with van der Waals surface area (Å²) in [5.74, 6) is -0.146. The molecule has 0 amide bonds. The Hall–Kier alpha value is -1.11. The molecule has 0 N–H and O–H groups in total. The highest BCUT2D eigenvalue weighted by Crippen LogP contribution is 2.25. The van der Waals surface area contributed by atoms with Gasteiger partial charge in [0.25, 0.3) is 0 Å². The Bertz CT molecular complexity index is 318. The summed E-state index contributed by atoms with van der Waals surface area (Å²) >= 11 is 0. The molecule has 0 heterocycles. The molecule has 1 aromatic carbocycles. The number of halogens is 1. The lowest BCUT2D eigenvalue weighted by atomic mass is 10.1. The van der Waals surface area contributed by atoms with E-state index in [1.54, 1.807) is 12.1 Å². The van der Waals surface area contributed by atoms with Crippen molar-refractivity contribution < 1.29 is 4.39 Å². The second-order valence-corrected chi connectivity index (χ2v) is 3.56. The molecule has 0 radical (unpaired) electrons. The van der Waals surface area contributed by atoms with E-state index in [2.05, 4.69) is 6.08 Å². The SMILES string of the molecule is Fc1cccc(C=C2CCCC2)c1. The first-order chi connectivity index (χ1) is 6.34. The third kappa shape index (κ3) is 2.18. The Labute approximate surface area is 78.1 Å². The molecule has 1 saturated carbocycles. The molecule has 0 aromatic heterocycles. The van der Waals surface area contributed by atoms with Gasteiger partial charge in [-0.3, -0.25) is 0 Å². The first-order valence-corrected chi connectivity index (χ1v) is 4.79. The normalized spacial score (nSPS) is 16.2. The van der Waals surface area contributed by atoms with Crippen LogP contribution in [0.25, 0.3) is 6.08 Å². The van der Waals surface area contributed by atoms with Gasteiger partial charge in [0, 0.05) is 0 Å². The smallest absolute Gasteiger partial charge is 0.123 e. The molecule has 0 bridgehead atoms. The van der Waals surface area contributed by atoms with Gasteiger partial charge < -0.3 is 0 Å². The molecule has 0 nitrogen and oxygen atoms in total. The van der Waals surface area contributed by atoms with E-state index in [1.165, 1.54) is 37.3 Å². The minimum Gasteiger partial charge on any atom is -0.207 e. The topological polar surface area (TPSA) is 0 Å². The van der Waals surface area contributed by atoms with Crippen molar-refractivity contribution in [1.82, 2.24) is 0 Å². The van der Waals surface area contributed by atoms with Crippen LogP contribution in [0.5, 0.6) is 0 Å². The quantitative estimate of drug-likeness (QED) is 0.610. The average Bonchev–Trinajstić information content (AvgIpc) is 2.57. The molecular formula is C12H13F. The Kier molecular flexibility index (Phi) is 2.44. The second kappa shape index (κ2) is 3.73. The molecule has 13 heavy (non-hydrogen) atoms. The monoisotopic (exact) mass is 176 g/mol. The van der Waals surface area contributed by atoms with Crippen LogP contribution in [0.1, 0.15) is 31.2 Å². The van der Waals surface area contributed by atoms with Crippen LogP contribution < -0.4 is 0 Å². The molecule has 2 rings (SSSR count). The van der Waals surface area contributed by atoms with E-state index in [0.717, 1.165) is 5.56 Å². The molecule has 1 aliphatic rings. The van der Waals surface area contributed by atoms with Crippen LogP contribution >= 0.6 is 0 Å². The van der Waals surface area contributed by atoms with E-state index in [-0.39, 0.29) is 5.82 Å². The van der Waals surface area contributed by atoms with Crippen molar-refractivity contribution >= 4 is 6.08 Å². The molecule has 0 aliphatic heterocycles. The van der Waals surface area contributed by atoms with Crippen molar-refractivity contribution in [3.05, 3.63) is 41.2 Å². The lowest BCUT2D eigenvalue weighted by Gasteiger charge is -1.96. The van der Waals surface area contributed by atoms with E-state index in [0.29, 0.717) is 0 Å². The summed E-state index contributed by atoms with van der Waals surface area (Å²) < 4.78 is 12.8. The van der Waals surface area contributed by atoms with E-state index in [4.69, 9.17) is 0 Å². The summed E-state index contributed by atoms with van der Waals surface area (Å²) in [6, 6.07) is 6.78. The summed E-state index contributed by atoms with van der Waals surface area (Å²) in [5, 5.41) is 0. The molecule has 68 valence electrons. The van der Waals surface area contributed by atoms with Crippen molar-refractivity contribution in [1.29, 1.82) is 0 Å². The van der Waals surface area contributed by atoms with Gasteiger partial charge in [-0.1, -0.05) is 23.8 Å². The largest absolute Gasteiger partial charge is 0.207 e. The minimum absolute atomic E-state index is 0.146. The van der Waals surface area contributed by atoms with Gasteiger partial charge >= 0.3 is 0 Å². The molecule has 1 aliphatic carbocycles. The fourth-order valence-corrected chi connectivity index (χ4v) is 1.81. The predicted molar refractivity (Wildman–Crippen MR) is 52.8 cm³/mol. The van der Waals surface area contributed by atoms with Crippen LogP contribution in [0.4, 0.5) is 4.39 Å². The van der Waals surface area contributed by atoms with Gasteiger partial charge in [0.15, 0.2) is 0 Å². The van der Waals surface area contributed by atoms with E-state index in [1.807, 2.05) is 6.07 Å². The van der Waals surface area contributed by atoms with Gasteiger partial charge in [-0.15, -0.1) is 0 Å². The van der Waals surface area contributed by atoms with E-state index in [9.17, 15) is 4.39 Å². The van der Waals surface area contributed by atoms with Crippen LogP contribution in [0.15, 0.2) is 29.8 Å². The lowest BCUT2D eigenvalue weighted by molar-refractivity contribution is 0.627. The molecule has 0 spiro atoms. The molecule has 0 unspecified atom stereocenters. The van der Waals surface area contributed by atoms with Crippen molar-refractivity contribution in [3.8, 4) is 0 Å². The van der Waals surface area contributed by atoms with Gasteiger partial charge in [-0.2, -0.15) is 0 Å². The second-order valence-electron chi connectivity index (χ2n) is 3.56. The lowest BCUT2D eigenvalue weighted by Crippen LogP contribution is -1.78. The predicted octanol–water partition coefficient (Wildman–Crippen LogP) is 3.78. The first-order valence-electron chi connectivity index (χ1n) is 4.79. The first kappa shape index (κ1) is 8.49. The molecule has 1 heteroatoms. The number of rotatable bonds is 1. The standard InChI is InChI=1S/C12H13F/c13-12-7-3-6-11(9-12)8-10-4-1-2-5-10/h3,6-9H,1-2,4-5H2. The van der Waals surface area contributed by atoms with Crippen molar-refractivity contribution in [3.63, 3.8) is 0 Å². The van der Waals surface area contributed by atoms with E-state index >= 15 is 0 Å². The van der Waals surface area contributed by atoms with Gasteiger partial charge in [0.2, 0.25) is 0 Å². The maximum atomic E-state index is 12.8. The summed E-state index contributed by atoms with van der Waals surface area (Å²) in [6.07, 6.45) is 7.09. The average molecular weight is 176 g/mol. The van der Waals surface area contributed by atoms with Gasteiger partial charge in [-0.05, 0) is 43.4 Å². The van der Waals surface area contributed by atoms with Gasteiger partial charge in [0.1, 0.15) is 5.82 Å². The number of hydrogen-bond acceptors (Lipinski definition) is 0. The zero-order chi connectivity index (χ0) is 9.10. The Balaban J connectivity index is 2.21. The zero-order valence-electron chi connectivity index (χ0n) is 7.59. The number of hydrogen-bond donors (Lipinski definition) is 0.